The average molecular weight is 316 g/mol. The Labute approximate surface area is 134 Å². The van der Waals surface area contributed by atoms with Crippen LogP contribution in [0.1, 0.15) is 25.7 Å². The minimum Gasteiger partial charge on any atom is -0.353 e. The molecular weight excluding hydrogens is 296 g/mol. The smallest absolute Gasteiger partial charge is 0.230 e. The summed E-state index contributed by atoms with van der Waals surface area (Å²) in [6, 6.07) is 10.2. The van der Waals surface area contributed by atoms with Gasteiger partial charge in [-0.15, -0.1) is 0 Å². The molecule has 0 aliphatic heterocycles. The standard InChI is InChI=1S/C16H20N4OS/c17-20-10-14(12-6-2-1-3-7-12)19-16(20)22-11-15(21)18-13-8-4-5-9-13/h1-3,6-7,10,13H,4-5,8-9,11,17H2,(H,18,21). The Morgan fingerprint density at radius 1 is 1.32 bits per heavy atom. The second-order valence-corrected chi connectivity index (χ2v) is 6.46. The fourth-order valence-corrected chi connectivity index (χ4v) is 3.41. The van der Waals surface area contributed by atoms with Gasteiger partial charge in [0.1, 0.15) is 0 Å². The lowest BCUT2D eigenvalue weighted by molar-refractivity contribution is -0.119. The topological polar surface area (TPSA) is 72.9 Å². The van der Waals surface area contributed by atoms with E-state index in [9.17, 15) is 4.79 Å². The van der Waals surface area contributed by atoms with Crippen LogP contribution in [0.3, 0.4) is 0 Å². The van der Waals surface area contributed by atoms with Gasteiger partial charge in [0.2, 0.25) is 5.91 Å². The number of nitrogens with one attached hydrogen (secondary N) is 1. The number of nitrogens with zero attached hydrogens (tertiary/aromatic N) is 2. The molecule has 0 radical (unpaired) electrons. The number of thioether (sulfide) groups is 1. The molecule has 5 nitrogen and oxygen atoms in total. The zero-order valence-corrected chi connectivity index (χ0v) is 13.2. The quantitative estimate of drug-likeness (QED) is 0.656. The van der Waals surface area contributed by atoms with E-state index in [4.69, 9.17) is 5.84 Å². The first kappa shape index (κ1) is 15.0. The molecule has 1 aliphatic carbocycles. The number of nitrogen functional groups attached to an aromatic ring is 1. The molecule has 6 heteroatoms. The SMILES string of the molecule is Nn1cc(-c2ccccc2)nc1SCC(=O)NC1CCCC1. The summed E-state index contributed by atoms with van der Waals surface area (Å²) in [7, 11) is 0. The third kappa shape index (κ3) is 3.62. The zero-order valence-electron chi connectivity index (χ0n) is 12.4. The highest BCUT2D eigenvalue weighted by atomic mass is 32.2. The number of amides is 1. The lowest BCUT2D eigenvalue weighted by atomic mass is 10.2. The van der Waals surface area contributed by atoms with Crippen molar-refractivity contribution in [1.29, 1.82) is 0 Å². The van der Waals surface area contributed by atoms with E-state index in [0.29, 0.717) is 17.0 Å². The average Bonchev–Trinajstić information content (AvgIpc) is 3.16. The first-order valence-electron chi connectivity index (χ1n) is 7.54. The summed E-state index contributed by atoms with van der Waals surface area (Å²) in [4.78, 5) is 16.5. The van der Waals surface area contributed by atoms with Gasteiger partial charge in [-0.25, -0.2) is 9.66 Å². The van der Waals surface area contributed by atoms with E-state index < -0.39 is 0 Å². The molecule has 3 N–H and O–H groups in total. The first-order valence-corrected chi connectivity index (χ1v) is 8.53. The van der Waals surface area contributed by atoms with Crippen molar-refractivity contribution >= 4 is 17.7 Å². The van der Waals surface area contributed by atoms with E-state index in [1.54, 1.807) is 6.20 Å². The number of carbonyl (C=O) groups is 1. The number of carbonyl (C=O) groups excluding carboxylic acids is 1. The maximum Gasteiger partial charge on any atom is 0.230 e. The molecule has 0 atom stereocenters. The van der Waals surface area contributed by atoms with Gasteiger partial charge in [-0.3, -0.25) is 4.79 Å². The van der Waals surface area contributed by atoms with Crippen LogP contribution in [0.2, 0.25) is 0 Å². The second-order valence-electron chi connectivity index (χ2n) is 5.52. The van der Waals surface area contributed by atoms with Crippen LogP contribution in [0.25, 0.3) is 11.3 Å². The van der Waals surface area contributed by atoms with Gasteiger partial charge in [-0.05, 0) is 12.8 Å². The van der Waals surface area contributed by atoms with Gasteiger partial charge in [0, 0.05) is 11.6 Å². The van der Waals surface area contributed by atoms with Gasteiger partial charge < -0.3 is 11.2 Å². The van der Waals surface area contributed by atoms with E-state index in [2.05, 4.69) is 10.3 Å². The molecule has 22 heavy (non-hydrogen) atoms. The van der Waals surface area contributed by atoms with Crippen molar-refractivity contribution in [3.63, 3.8) is 0 Å². The van der Waals surface area contributed by atoms with Crippen LogP contribution >= 0.6 is 11.8 Å². The van der Waals surface area contributed by atoms with Crippen molar-refractivity contribution in [2.45, 2.75) is 36.9 Å². The van der Waals surface area contributed by atoms with Gasteiger partial charge >= 0.3 is 0 Å². The summed E-state index contributed by atoms with van der Waals surface area (Å²) in [6.07, 6.45) is 6.41. The van der Waals surface area contributed by atoms with Crippen LogP contribution in [0, 0.1) is 0 Å². The van der Waals surface area contributed by atoms with Crippen molar-refractivity contribution in [3.05, 3.63) is 36.5 Å². The van der Waals surface area contributed by atoms with Gasteiger partial charge in [0.25, 0.3) is 0 Å². The van der Waals surface area contributed by atoms with Crippen LogP contribution < -0.4 is 11.2 Å². The second kappa shape index (κ2) is 6.87. The lowest BCUT2D eigenvalue weighted by Crippen LogP contribution is -2.33. The van der Waals surface area contributed by atoms with Gasteiger partial charge in [-0.2, -0.15) is 0 Å². The molecule has 1 aromatic carbocycles. The van der Waals surface area contributed by atoms with Crippen LogP contribution in [0.15, 0.2) is 41.7 Å². The summed E-state index contributed by atoms with van der Waals surface area (Å²) in [5, 5.41) is 3.72. The normalized spacial score (nSPS) is 15.1. The third-order valence-electron chi connectivity index (χ3n) is 3.82. The minimum atomic E-state index is 0.0566. The number of benzene rings is 1. The molecule has 3 rings (SSSR count). The molecule has 0 bridgehead atoms. The largest absolute Gasteiger partial charge is 0.353 e. The van der Waals surface area contributed by atoms with E-state index in [1.165, 1.54) is 29.3 Å². The summed E-state index contributed by atoms with van der Waals surface area (Å²) < 4.78 is 1.48. The molecule has 0 unspecified atom stereocenters. The molecule has 116 valence electrons. The molecule has 2 aromatic rings. The Hall–Kier alpha value is -1.95. The highest BCUT2D eigenvalue weighted by Gasteiger charge is 2.17. The molecule has 1 heterocycles. The van der Waals surface area contributed by atoms with Crippen molar-refractivity contribution < 1.29 is 4.79 Å². The first-order chi connectivity index (χ1) is 10.7. The van der Waals surface area contributed by atoms with Crippen LogP contribution in [0.4, 0.5) is 0 Å². The van der Waals surface area contributed by atoms with Crippen LogP contribution in [0.5, 0.6) is 0 Å². The summed E-state index contributed by atoms with van der Waals surface area (Å²) in [6.45, 7) is 0. The fourth-order valence-electron chi connectivity index (χ4n) is 2.70. The fraction of sp³-hybridized carbons (Fsp3) is 0.375. The highest BCUT2D eigenvalue weighted by Crippen LogP contribution is 2.23. The van der Waals surface area contributed by atoms with E-state index in [0.717, 1.165) is 24.1 Å². The van der Waals surface area contributed by atoms with Crippen LogP contribution in [-0.2, 0) is 4.79 Å². The number of hydrogen-bond acceptors (Lipinski definition) is 4. The predicted octanol–water partition coefficient (Wildman–Crippen LogP) is 2.41. The molecule has 1 fully saturated rings. The number of hydrogen-bond donors (Lipinski definition) is 2. The molecular formula is C16H20N4OS. The Balaban J connectivity index is 1.58. The third-order valence-corrected chi connectivity index (χ3v) is 4.79. The van der Waals surface area contributed by atoms with Crippen molar-refractivity contribution in [2.75, 3.05) is 11.6 Å². The molecule has 0 spiro atoms. The van der Waals surface area contributed by atoms with Gasteiger partial charge in [0.05, 0.1) is 17.6 Å². The number of nitrogens with two attached hydrogens (primary N) is 1. The maximum absolute atomic E-state index is 12.0. The Kier molecular flexibility index (Phi) is 4.68. The number of aromatic nitrogens is 2. The zero-order chi connectivity index (χ0) is 15.4. The summed E-state index contributed by atoms with van der Waals surface area (Å²) >= 11 is 1.37. The number of imidazole rings is 1. The van der Waals surface area contributed by atoms with Crippen molar-refractivity contribution in [2.24, 2.45) is 0 Å². The van der Waals surface area contributed by atoms with Crippen LogP contribution in [-0.4, -0.2) is 27.4 Å². The Morgan fingerprint density at radius 2 is 2.05 bits per heavy atom. The minimum absolute atomic E-state index is 0.0566. The van der Waals surface area contributed by atoms with Gasteiger partial charge in [0.15, 0.2) is 5.16 Å². The maximum atomic E-state index is 12.0. The van der Waals surface area contributed by atoms with Crippen molar-refractivity contribution in [3.8, 4) is 11.3 Å². The number of rotatable bonds is 5. The lowest BCUT2D eigenvalue weighted by Gasteiger charge is -2.11. The summed E-state index contributed by atoms with van der Waals surface area (Å²) in [5.74, 6) is 6.33. The molecule has 0 saturated heterocycles. The van der Waals surface area contributed by atoms with E-state index in [1.807, 2.05) is 30.3 Å². The molecule has 1 aliphatic rings. The Bertz CT molecular complexity index is 635. The molecule has 1 aromatic heterocycles. The van der Waals surface area contributed by atoms with Crippen molar-refractivity contribution in [1.82, 2.24) is 15.0 Å². The highest BCUT2D eigenvalue weighted by molar-refractivity contribution is 7.99. The van der Waals surface area contributed by atoms with E-state index in [-0.39, 0.29) is 5.91 Å². The monoisotopic (exact) mass is 316 g/mol. The van der Waals surface area contributed by atoms with Gasteiger partial charge in [-0.1, -0.05) is 54.9 Å². The molecule has 1 saturated carbocycles. The Morgan fingerprint density at radius 3 is 2.77 bits per heavy atom. The molecule has 1 amide bonds. The summed E-state index contributed by atoms with van der Waals surface area (Å²) in [5.41, 5.74) is 1.84. The van der Waals surface area contributed by atoms with E-state index >= 15 is 0 Å². The predicted molar refractivity (Wildman–Crippen MR) is 88.9 cm³/mol.